The van der Waals surface area contributed by atoms with Crippen molar-refractivity contribution in [1.29, 1.82) is 0 Å². The van der Waals surface area contributed by atoms with E-state index in [0.717, 1.165) is 0 Å². The Bertz CT molecular complexity index is 1790. The zero-order chi connectivity index (χ0) is 32.5. The van der Waals surface area contributed by atoms with Gasteiger partial charge in [-0.05, 0) is 48.5 Å². The van der Waals surface area contributed by atoms with Crippen LogP contribution in [0.15, 0.2) is 103 Å². The number of methoxy groups -OCH3 is 2. The number of para-hydroxylation sites is 3. The molecular formula is C35H30N2O10. The average molecular weight is 639 g/mol. The highest BCUT2D eigenvalue weighted by atomic mass is 16.8. The number of benzene rings is 4. The van der Waals surface area contributed by atoms with Crippen LogP contribution in [-0.4, -0.2) is 68.4 Å². The second kappa shape index (κ2) is 12.3. The predicted octanol–water partition coefficient (Wildman–Crippen LogP) is 5.57. The van der Waals surface area contributed by atoms with Crippen molar-refractivity contribution < 1.29 is 47.6 Å². The fourth-order valence-electron chi connectivity index (χ4n) is 6.25. The van der Waals surface area contributed by atoms with E-state index >= 15 is 0 Å². The van der Waals surface area contributed by atoms with Crippen LogP contribution in [0.4, 0.5) is 15.3 Å². The second-order valence-corrected chi connectivity index (χ2v) is 11.0. The quantitative estimate of drug-likeness (QED) is 0.104. The van der Waals surface area contributed by atoms with E-state index < -0.39 is 42.0 Å². The SMILES string of the molecule is COc1cc(C(=O)Oc2ccccc2)cc2c1[C@H](COC(=O)Oc1ccccc1)[C@]1(OC)ON2C[C@H]2[C@@H]1N2C(=O)Oc1ccccc1. The van der Waals surface area contributed by atoms with E-state index in [4.69, 9.17) is 33.3 Å². The van der Waals surface area contributed by atoms with Crippen LogP contribution >= 0.6 is 0 Å². The number of ether oxygens (including phenoxy) is 6. The molecule has 0 N–H and O–H groups in total. The van der Waals surface area contributed by atoms with E-state index in [1.54, 1.807) is 96.1 Å². The van der Waals surface area contributed by atoms with Crippen LogP contribution in [0.1, 0.15) is 21.8 Å². The van der Waals surface area contributed by atoms with E-state index in [0.29, 0.717) is 34.2 Å². The molecule has 240 valence electrons. The molecule has 12 heteroatoms. The number of hydrogen-bond donors (Lipinski definition) is 0. The minimum atomic E-state index is -1.53. The number of nitrogens with zero attached hydrogens (tertiary/aromatic N) is 2. The first-order valence-corrected chi connectivity index (χ1v) is 14.9. The maximum Gasteiger partial charge on any atom is 0.513 e. The minimum Gasteiger partial charge on any atom is -0.496 e. The van der Waals surface area contributed by atoms with Crippen molar-refractivity contribution in [1.82, 2.24) is 4.90 Å². The highest BCUT2D eigenvalue weighted by Crippen LogP contribution is 2.58. The number of carbonyl (C=O) groups is 3. The Morgan fingerprint density at radius 2 is 1.40 bits per heavy atom. The van der Waals surface area contributed by atoms with Crippen molar-refractivity contribution in [3.8, 4) is 23.0 Å². The van der Waals surface area contributed by atoms with E-state index in [1.165, 1.54) is 19.1 Å². The molecular weight excluding hydrogens is 608 g/mol. The lowest BCUT2D eigenvalue weighted by molar-refractivity contribution is -0.266. The van der Waals surface area contributed by atoms with Gasteiger partial charge in [0, 0.05) is 12.7 Å². The molecule has 12 nitrogen and oxygen atoms in total. The first-order chi connectivity index (χ1) is 22.9. The molecule has 0 aliphatic carbocycles. The van der Waals surface area contributed by atoms with Gasteiger partial charge in [-0.2, -0.15) is 0 Å². The standard InChI is InChI=1S/C35H30N2O10/c1-41-29-19-22(32(38)44-23-12-6-3-7-13-23)18-27-30(29)26(21-43-34(40)46-25-16-10-5-11-17-25)35(42-2)31-28(20-36(27)47-35)37(31)33(39)45-24-14-8-4-9-15-24/h3-19,26,28,31H,20-21H2,1-2H3/t26-,28-,31-,35-,37?/m0/s1. The molecule has 7 rings (SSSR count). The van der Waals surface area contributed by atoms with Gasteiger partial charge in [0.25, 0.3) is 0 Å². The Hall–Kier alpha value is -5.59. The number of fused-ring (bicyclic) bond motifs is 6. The zero-order valence-electron chi connectivity index (χ0n) is 25.4. The molecule has 0 spiro atoms. The van der Waals surface area contributed by atoms with Crippen LogP contribution < -0.4 is 24.0 Å². The molecule has 0 aromatic heterocycles. The number of anilines is 1. The summed E-state index contributed by atoms with van der Waals surface area (Å²) in [5.74, 6) is -1.63. The van der Waals surface area contributed by atoms with Gasteiger partial charge in [0.1, 0.15) is 35.6 Å². The summed E-state index contributed by atoms with van der Waals surface area (Å²) in [6.45, 7) is -0.0497. The third kappa shape index (κ3) is 5.58. The van der Waals surface area contributed by atoms with Crippen molar-refractivity contribution in [2.24, 2.45) is 0 Å². The first-order valence-electron chi connectivity index (χ1n) is 14.9. The van der Waals surface area contributed by atoms with Gasteiger partial charge in [0.05, 0.1) is 36.9 Å². The van der Waals surface area contributed by atoms with Crippen LogP contribution in [0.2, 0.25) is 0 Å². The molecule has 2 bridgehead atoms. The molecule has 2 saturated heterocycles. The monoisotopic (exact) mass is 638 g/mol. The van der Waals surface area contributed by atoms with Gasteiger partial charge in [-0.15, -0.1) is 0 Å². The molecule has 2 fully saturated rings. The van der Waals surface area contributed by atoms with Gasteiger partial charge in [0.15, 0.2) is 0 Å². The molecule has 0 unspecified atom stereocenters. The number of carbonyl (C=O) groups excluding carboxylic acids is 3. The highest BCUT2D eigenvalue weighted by Gasteiger charge is 2.73. The molecule has 1 amide bonds. The topological polar surface area (TPSA) is 122 Å². The Labute approximate surface area is 269 Å². The lowest BCUT2D eigenvalue weighted by Crippen LogP contribution is -2.60. The number of hydrogen-bond acceptors (Lipinski definition) is 11. The lowest BCUT2D eigenvalue weighted by atomic mass is 9.82. The number of esters is 1. The molecule has 47 heavy (non-hydrogen) atoms. The second-order valence-electron chi connectivity index (χ2n) is 11.0. The zero-order valence-corrected chi connectivity index (χ0v) is 25.4. The lowest BCUT2D eigenvalue weighted by Gasteiger charge is -2.49. The molecule has 0 saturated carbocycles. The van der Waals surface area contributed by atoms with E-state index in [-0.39, 0.29) is 18.7 Å². The van der Waals surface area contributed by atoms with E-state index in [2.05, 4.69) is 0 Å². The third-order valence-corrected chi connectivity index (χ3v) is 8.37. The van der Waals surface area contributed by atoms with Crippen molar-refractivity contribution >= 4 is 23.9 Å². The highest BCUT2D eigenvalue weighted by molar-refractivity contribution is 5.93. The van der Waals surface area contributed by atoms with E-state index in [1.807, 2.05) is 12.1 Å². The van der Waals surface area contributed by atoms with Crippen LogP contribution in [0.25, 0.3) is 0 Å². The number of hydroxylamine groups is 1. The minimum absolute atomic E-state index is 0.194. The van der Waals surface area contributed by atoms with Crippen molar-refractivity contribution in [2.45, 2.75) is 23.8 Å². The summed E-state index contributed by atoms with van der Waals surface area (Å²) in [6, 6.07) is 28.1. The molecule has 3 heterocycles. The Balaban J connectivity index is 1.24. The summed E-state index contributed by atoms with van der Waals surface area (Å²) >= 11 is 0. The van der Waals surface area contributed by atoms with Gasteiger partial charge in [-0.3, -0.25) is 4.90 Å². The average Bonchev–Trinajstić information content (AvgIpc) is 3.84. The smallest absolute Gasteiger partial charge is 0.496 e. The van der Waals surface area contributed by atoms with Crippen molar-refractivity contribution in [3.63, 3.8) is 0 Å². The summed E-state index contributed by atoms with van der Waals surface area (Å²) < 4.78 is 34.2. The first kappa shape index (κ1) is 30.1. The molecule has 4 aromatic carbocycles. The molecule has 3 aliphatic rings. The number of amides is 1. The Morgan fingerprint density at radius 3 is 2.00 bits per heavy atom. The van der Waals surface area contributed by atoms with Crippen molar-refractivity contribution in [3.05, 3.63) is 114 Å². The maximum atomic E-state index is 13.5. The fourth-order valence-corrected chi connectivity index (χ4v) is 6.25. The third-order valence-electron chi connectivity index (χ3n) is 8.37. The summed E-state index contributed by atoms with van der Waals surface area (Å²) in [5, 5.41) is 1.57. The maximum absolute atomic E-state index is 13.5. The normalized spacial score (nSPS) is 21.9. The molecule has 0 radical (unpaired) electrons. The van der Waals surface area contributed by atoms with Gasteiger partial charge in [0.2, 0.25) is 5.79 Å². The molecule has 4 aromatic rings. The van der Waals surface area contributed by atoms with Gasteiger partial charge >= 0.3 is 18.2 Å². The van der Waals surface area contributed by atoms with Crippen LogP contribution in [0.5, 0.6) is 23.0 Å². The van der Waals surface area contributed by atoms with Crippen LogP contribution in [0.3, 0.4) is 0 Å². The number of rotatable bonds is 8. The van der Waals surface area contributed by atoms with Gasteiger partial charge < -0.3 is 28.4 Å². The fraction of sp³-hybridized carbons (Fsp3) is 0.229. The van der Waals surface area contributed by atoms with Gasteiger partial charge in [-0.25, -0.2) is 24.3 Å². The van der Waals surface area contributed by atoms with Crippen molar-refractivity contribution in [2.75, 3.05) is 32.4 Å². The summed E-state index contributed by atoms with van der Waals surface area (Å²) in [7, 11) is 2.92. The van der Waals surface area contributed by atoms with Crippen LogP contribution in [-0.2, 0) is 14.3 Å². The van der Waals surface area contributed by atoms with E-state index in [9.17, 15) is 14.4 Å². The predicted molar refractivity (Wildman–Crippen MR) is 166 cm³/mol. The Morgan fingerprint density at radius 1 is 0.809 bits per heavy atom. The Kier molecular flexibility index (Phi) is 7.88. The largest absolute Gasteiger partial charge is 0.513 e. The summed E-state index contributed by atoms with van der Waals surface area (Å²) in [6.07, 6.45) is -1.54. The molecule has 4 atom stereocenters. The van der Waals surface area contributed by atoms with Gasteiger partial charge in [-0.1, -0.05) is 54.6 Å². The molecule has 3 aliphatic heterocycles. The summed E-state index contributed by atoms with van der Waals surface area (Å²) in [5.41, 5.74) is 1.20. The summed E-state index contributed by atoms with van der Waals surface area (Å²) in [4.78, 5) is 47.7. The van der Waals surface area contributed by atoms with Crippen LogP contribution in [0, 0.1) is 0 Å².